The lowest BCUT2D eigenvalue weighted by Gasteiger charge is -2.04. The van der Waals surface area contributed by atoms with Crippen LogP contribution < -0.4 is 0 Å². The average Bonchev–Trinajstić information content (AvgIpc) is 2.03. The molecule has 66 valence electrons. The molecule has 1 aromatic rings. The smallest absolute Gasteiger partial charge is 0.00428 e. The second-order valence-electron chi connectivity index (χ2n) is 2.90. The van der Waals surface area contributed by atoms with Gasteiger partial charge < -0.3 is 0 Å². The van der Waals surface area contributed by atoms with E-state index in [1.165, 1.54) is 17.5 Å². The molecule has 0 fully saturated rings. The Morgan fingerprint density at radius 2 is 2.17 bits per heavy atom. The van der Waals surface area contributed by atoms with Crippen molar-refractivity contribution in [2.45, 2.75) is 24.7 Å². The molecule has 0 N–H and O–H groups in total. The molecule has 1 aromatic carbocycles. The van der Waals surface area contributed by atoms with Crippen LogP contribution in [0.2, 0.25) is 0 Å². The summed E-state index contributed by atoms with van der Waals surface area (Å²) in [5.41, 5.74) is 2.79. The molecule has 1 rings (SSSR count). The third-order valence-electron chi connectivity index (χ3n) is 1.91. The second-order valence-corrected chi connectivity index (χ2v) is 4.21. The Labute approximate surface area is 87.9 Å². The van der Waals surface area contributed by atoms with Crippen LogP contribution in [0.3, 0.4) is 0 Å². The molecule has 0 unspecified atom stereocenters. The maximum absolute atomic E-state index is 4.28. The van der Waals surface area contributed by atoms with Crippen LogP contribution in [0.15, 0.2) is 23.1 Å². The van der Waals surface area contributed by atoms with Gasteiger partial charge in [-0.3, -0.25) is 0 Å². The van der Waals surface area contributed by atoms with Crippen LogP contribution in [-0.2, 0) is 6.42 Å². The van der Waals surface area contributed by atoms with Crippen molar-refractivity contribution < 1.29 is 0 Å². The summed E-state index contributed by atoms with van der Waals surface area (Å²) < 4.78 is 0. The fourth-order valence-corrected chi connectivity index (χ4v) is 1.77. The molecule has 0 saturated carbocycles. The van der Waals surface area contributed by atoms with Crippen molar-refractivity contribution in [3.63, 3.8) is 0 Å². The number of benzene rings is 1. The fraction of sp³-hybridized carbons (Fsp3) is 0.400. The van der Waals surface area contributed by atoms with Gasteiger partial charge >= 0.3 is 0 Å². The molecular weight excluding hydrogens is 232 g/mol. The van der Waals surface area contributed by atoms with E-state index >= 15 is 0 Å². The molecule has 0 saturated heterocycles. The molecule has 0 aliphatic rings. The Morgan fingerprint density at radius 1 is 1.42 bits per heavy atom. The van der Waals surface area contributed by atoms with E-state index < -0.39 is 0 Å². The lowest BCUT2D eigenvalue weighted by Crippen LogP contribution is -1.89. The summed E-state index contributed by atoms with van der Waals surface area (Å²) >= 11 is 7.71. The summed E-state index contributed by atoms with van der Waals surface area (Å²) in [6, 6.07) is 6.34. The van der Waals surface area contributed by atoms with E-state index in [9.17, 15) is 0 Å². The summed E-state index contributed by atoms with van der Waals surface area (Å²) in [5.74, 6) is 0. The fourth-order valence-electron chi connectivity index (χ4n) is 1.22. The molecule has 0 spiro atoms. The van der Waals surface area contributed by atoms with Crippen LogP contribution in [0.25, 0.3) is 0 Å². The second kappa shape index (κ2) is 4.93. The first-order valence-electron chi connectivity index (χ1n) is 4.08. The van der Waals surface area contributed by atoms with E-state index in [1.807, 2.05) is 0 Å². The molecule has 0 heterocycles. The zero-order valence-corrected chi connectivity index (χ0v) is 9.66. The number of hydrogen-bond acceptors (Lipinski definition) is 1. The molecule has 0 amide bonds. The summed E-state index contributed by atoms with van der Waals surface area (Å²) in [5, 5.41) is 1.08. The van der Waals surface area contributed by atoms with Gasteiger partial charge in [-0.2, -0.15) is 0 Å². The molecule has 0 radical (unpaired) electrons. The quantitative estimate of drug-likeness (QED) is 0.610. The molecule has 0 aliphatic carbocycles. The van der Waals surface area contributed by atoms with Crippen LogP contribution in [-0.4, -0.2) is 5.33 Å². The first kappa shape index (κ1) is 10.1. The predicted octanol–water partition coefficient (Wildman–Crippen LogP) is 3.61. The zero-order chi connectivity index (χ0) is 8.97. The van der Waals surface area contributed by atoms with Gasteiger partial charge in [-0.1, -0.05) is 22.0 Å². The van der Waals surface area contributed by atoms with Gasteiger partial charge in [0.1, 0.15) is 0 Å². The molecule has 0 aromatic heterocycles. The summed E-state index contributed by atoms with van der Waals surface area (Å²) in [6.07, 6.45) is 2.36. The first-order valence-corrected chi connectivity index (χ1v) is 5.65. The highest BCUT2D eigenvalue weighted by Crippen LogP contribution is 2.15. The van der Waals surface area contributed by atoms with Crippen molar-refractivity contribution >= 4 is 28.6 Å². The van der Waals surface area contributed by atoms with Gasteiger partial charge in [-0.05, 0) is 43.0 Å². The van der Waals surface area contributed by atoms with E-state index in [1.54, 1.807) is 0 Å². The monoisotopic (exact) mass is 244 g/mol. The topological polar surface area (TPSA) is 0 Å². The summed E-state index contributed by atoms with van der Waals surface area (Å²) in [7, 11) is 0. The van der Waals surface area contributed by atoms with Crippen molar-refractivity contribution in [1.82, 2.24) is 0 Å². The standard InChI is InChI=1S/C10H13BrS/c1-8-7-10(12)5-4-9(8)3-2-6-11/h4-5,7,12H,2-3,6H2,1H3. The van der Waals surface area contributed by atoms with Gasteiger partial charge in [0.15, 0.2) is 0 Å². The Morgan fingerprint density at radius 3 is 2.75 bits per heavy atom. The minimum Gasteiger partial charge on any atom is -0.143 e. The Balaban J connectivity index is 2.72. The third-order valence-corrected chi connectivity index (χ3v) is 2.74. The number of hydrogen-bond donors (Lipinski definition) is 1. The Hall–Kier alpha value is 0.0500. The normalized spacial score (nSPS) is 10.2. The average molecular weight is 245 g/mol. The van der Waals surface area contributed by atoms with Gasteiger partial charge in [0, 0.05) is 10.2 Å². The van der Waals surface area contributed by atoms with Gasteiger partial charge in [-0.15, -0.1) is 12.6 Å². The maximum Gasteiger partial charge on any atom is 0.00428 e. The molecule has 0 atom stereocenters. The lowest BCUT2D eigenvalue weighted by atomic mass is 10.0. The van der Waals surface area contributed by atoms with Crippen LogP contribution >= 0.6 is 28.6 Å². The van der Waals surface area contributed by atoms with Crippen LogP contribution in [0.5, 0.6) is 0 Å². The van der Waals surface area contributed by atoms with Crippen LogP contribution in [0.4, 0.5) is 0 Å². The van der Waals surface area contributed by atoms with Crippen molar-refractivity contribution in [1.29, 1.82) is 0 Å². The van der Waals surface area contributed by atoms with E-state index in [0.29, 0.717) is 0 Å². The Kier molecular flexibility index (Phi) is 4.16. The largest absolute Gasteiger partial charge is 0.143 e. The van der Waals surface area contributed by atoms with Crippen molar-refractivity contribution in [3.8, 4) is 0 Å². The maximum atomic E-state index is 4.28. The number of alkyl halides is 1. The predicted molar refractivity (Wildman–Crippen MR) is 60.5 cm³/mol. The number of thiol groups is 1. The molecule has 0 nitrogen and oxygen atoms in total. The molecule has 2 heteroatoms. The van der Waals surface area contributed by atoms with E-state index in [-0.39, 0.29) is 0 Å². The van der Waals surface area contributed by atoms with Crippen molar-refractivity contribution in [2.75, 3.05) is 5.33 Å². The van der Waals surface area contributed by atoms with E-state index in [4.69, 9.17) is 0 Å². The Bertz CT molecular complexity index is 258. The highest BCUT2D eigenvalue weighted by molar-refractivity contribution is 9.09. The SMILES string of the molecule is Cc1cc(S)ccc1CCCBr. The van der Waals surface area contributed by atoms with Gasteiger partial charge in [0.05, 0.1) is 0 Å². The lowest BCUT2D eigenvalue weighted by molar-refractivity contribution is 0.927. The molecular formula is C10H13BrS. The minimum absolute atomic E-state index is 1.05. The highest BCUT2D eigenvalue weighted by Gasteiger charge is 1.97. The molecule has 0 bridgehead atoms. The van der Waals surface area contributed by atoms with Gasteiger partial charge in [-0.25, -0.2) is 0 Å². The van der Waals surface area contributed by atoms with Crippen LogP contribution in [0, 0.1) is 6.92 Å². The number of halogens is 1. The third kappa shape index (κ3) is 2.83. The molecule has 12 heavy (non-hydrogen) atoms. The van der Waals surface area contributed by atoms with Crippen LogP contribution in [0.1, 0.15) is 17.5 Å². The van der Waals surface area contributed by atoms with E-state index in [2.05, 4.69) is 53.7 Å². The van der Waals surface area contributed by atoms with Gasteiger partial charge in [0.2, 0.25) is 0 Å². The zero-order valence-electron chi connectivity index (χ0n) is 7.18. The summed E-state index contributed by atoms with van der Waals surface area (Å²) in [6.45, 7) is 2.14. The molecule has 0 aliphatic heterocycles. The van der Waals surface area contributed by atoms with Gasteiger partial charge in [0.25, 0.3) is 0 Å². The highest BCUT2D eigenvalue weighted by atomic mass is 79.9. The number of rotatable bonds is 3. The first-order chi connectivity index (χ1) is 5.74. The van der Waals surface area contributed by atoms with Crippen molar-refractivity contribution in [3.05, 3.63) is 29.3 Å². The van der Waals surface area contributed by atoms with E-state index in [0.717, 1.165) is 16.6 Å². The van der Waals surface area contributed by atoms with Crippen molar-refractivity contribution in [2.24, 2.45) is 0 Å². The minimum atomic E-state index is 1.05. The number of aryl methyl sites for hydroxylation is 2. The summed E-state index contributed by atoms with van der Waals surface area (Å²) in [4.78, 5) is 1.05.